The molecule has 0 aromatic heterocycles. The first kappa shape index (κ1) is 15.7. The van der Waals surface area contributed by atoms with Gasteiger partial charge in [-0.15, -0.1) is 0 Å². The van der Waals surface area contributed by atoms with Crippen LogP contribution < -0.4 is 0 Å². The van der Waals surface area contributed by atoms with Gasteiger partial charge >= 0.3 is 5.97 Å². The lowest BCUT2D eigenvalue weighted by Gasteiger charge is -2.49. The van der Waals surface area contributed by atoms with E-state index in [0.29, 0.717) is 18.7 Å². The van der Waals surface area contributed by atoms with E-state index in [4.69, 9.17) is 4.74 Å². The maximum atomic E-state index is 11.5. The number of hydrogen-bond donors (Lipinski definition) is 0. The molecule has 0 aliphatic carbocycles. The number of likely N-dealkylation sites (tertiary alicyclic amines) is 1. The number of esters is 1. The van der Waals surface area contributed by atoms with Gasteiger partial charge in [0, 0.05) is 44.8 Å². The number of carbonyl (C=O) groups is 1. The molecule has 2 rings (SSSR count). The largest absolute Gasteiger partial charge is 0.465 e. The molecule has 5 nitrogen and oxygen atoms in total. The van der Waals surface area contributed by atoms with Crippen molar-refractivity contribution < 1.29 is 9.53 Å². The highest BCUT2D eigenvalue weighted by Crippen LogP contribution is 2.29. The van der Waals surface area contributed by atoms with E-state index in [2.05, 4.69) is 28.7 Å². The molecule has 2 aliphatic rings. The molecule has 0 aromatic carbocycles. The fourth-order valence-electron chi connectivity index (χ4n) is 3.24. The highest BCUT2D eigenvalue weighted by Gasteiger charge is 2.36. The Bertz CT molecular complexity index is 319. The minimum atomic E-state index is -0.0873. The normalized spacial score (nSPS) is 25.6. The van der Waals surface area contributed by atoms with Gasteiger partial charge in [0.05, 0.1) is 13.2 Å². The highest BCUT2D eigenvalue weighted by atomic mass is 16.5. The second kappa shape index (κ2) is 6.87. The minimum absolute atomic E-state index is 0.0873. The number of likely N-dealkylation sites (N-methyl/N-ethyl adjacent to an activating group) is 1. The first-order valence-corrected chi connectivity index (χ1v) is 7.85. The summed E-state index contributed by atoms with van der Waals surface area (Å²) in [5.41, 5.74) is 0.312. The predicted octanol–water partition coefficient (Wildman–Crippen LogP) is 0.651. The van der Waals surface area contributed by atoms with Crippen LogP contribution in [0.4, 0.5) is 0 Å². The number of piperidine rings is 1. The molecule has 0 unspecified atom stereocenters. The van der Waals surface area contributed by atoms with Crippen molar-refractivity contribution in [3.8, 4) is 0 Å². The Labute approximate surface area is 122 Å². The summed E-state index contributed by atoms with van der Waals surface area (Å²) in [4.78, 5) is 18.8. The Balaban J connectivity index is 1.79. The Kier molecular flexibility index (Phi) is 5.41. The molecule has 116 valence electrons. The molecular weight excluding hydrogens is 254 g/mol. The van der Waals surface area contributed by atoms with Gasteiger partial charge < -0.3 is 9.64 Å². The molecule has 2 fully saturated rings. The van der Waals surface area contributed by atoms with Crippen molar-refractivity contribution in [3.63, 3.8) is 0 Å². The third-order valence-electron chi connectivity index (χ3n) is 4.86. The lowest BCUT2D eigenvalue weighted by atomic mass is 9.87. The second-order valence-corrected chi connectivity index (χ2v) is 6.37. The monoisotopic (exact) mass is 283 g/mol. The lowest BCUT2D eigenvalue weighted by Crippen LogP contribution is -2.59. The molecular formula is C15H29N3O2. The standard InChI is InChI=1S/C15H29N3O2/c1-4-20-14(19)13-17-7-5-15(2,6-8-17)18-11-9-16(3)10-12-18/h4-13H2,1-3H3. The molecule has 0 radical (unpaired) electrons. The maximum Gasteiger partial charge on any atom is 0.320 e. The summed E-state index contributed by atoms with van der Waals surface area (Å²) in [5.74, 6) is -0.0873. The molecule has 0 spiro atoms. The van der Waals surface area contributed by atoms with Gasteiger partial charge in [-0.25, -0.2) is 0 Å². The molecule has 0 saturated carbocycles. The first-order chi connectivity index (χ1) is 9.53. The lowest BCUT2D eigenvalue weighted by molar-refractivity contribution is -0.145. The van der Waals surface area contributed by atoms with E-state index >= 15 is 0 Å². The Morgan fingerprint density at radius 1 is 1.10 bits per heavy atom. The number of carbonyl (C=O) groups excluding carboxylic acids is 1. The van der Waals surface area contributed by atoms with Crippen molar-refractivity contribution in [3.05, 3.63) is 0 Å². The van der Waals surface area contributed by atoms with Crippen molar-refractivity contribution in [1.82, 2.24) is 14.7 Å². The zero-order valence-corrected chi connectivity index (χ0v) is 13.2. The van der Waals surface area contributed by atoms with Gasteiger partial charge in [0.2, 0.25) is 0 Å². The zero-order valence-electron chi connectivity index (χ0n) is 13.2. The first-order valence-electron chi connectivity index (χ1n) is 7.85. The van der Waals surface area contributed by atoms with Gasteiger partial charge in [-0.1, -0.05) is 0 Å². The van der Waals surface area contributed by atoms with Crippen LogP contribution in [0.2, 0.25) is 0 Å². The van der Waals surface area contributed by atoms with Crippen LogP contribution in [0.3, 0.4) is 0 Å². The van der Waals surface area contributed by atoms with E-state index in [1.54, 1.807) is 0 Å². The molecule has 5 heteroatoms. The van der Waals surface area contributed by atoms with E-state index in [-0.39, 0.29) is 5.97 Å². The van der Waals surface area contributed by atoms with E-state index < -0.39 is 0 Å². The average molecular weight is 283 g/mol. The average Bonchev–Trinajstić information content (AvgIpc) is 2.42. The van der Waals surface area contributed by atoms with E-state index in [1.165, 1.54) is 26.2 Å². The van der Waals surface area contributed by atoms with Crippen LogP contribution in [-0.2, 0) is 9.53 Å². The van der Waals surface area contributed by atoms with Gasteiger partial charge in [0.15, 0.2) is 0 Å². The topological polar surface area (TPSA) is 36.0 Å². The summed E-state index contributed by atoms with van der Waals surface area (Å²) in [6, 6.07) is 0. The van der Waals surface area contributed by atoms with Gasteiger partial charge in [-0.2, -0.15) is 0 Å². The van der Waals surface area contributed by atoms with E-state index in [0.717, 1.165) is 25.9 Å². The van der Waals surface area contributed by atoms with Gasteiger partial charge in [-0.3, -0.25) is 14.6 Å². The van der Waals surface area contributed by atoms with Gasteiger partial charge in [0.25, 0.3) is 0 Å². The highest BCUT2D eigenvalue weighted by molar-refractivity contribution is 5.71. The molecule has 0 N–H and O–H groups in total. The maximum absolute atomic E-state index is 11.5. The Hall–Kier alpha value is -0.650. The van der Waals surface area contributed by atoms with Crippen LogP contribution in [-0.4, -0.2) is 85.7 Å². The molecule has 20 heavy (non-hydrogen) atoms. The third kappa shape index (κ3) is 3.93. The smallest absolute Gasteiger partial charge is 0.320 e. The molecule has 2 heterocycles. The summed E-state index contributed by atoms with van der Waals surface area (Å²) in [5, 5.41) is 0. The summed E-state index contributed by atoms with van der Waals surface area (Å²) in [6.45, 7) is 11.9. The summed E-state index contributed by atoms with van der Waals surface area (Å²) < 4.78 is 5.03. The van der Waals surface area contributed by atoms with Crippen molar-refractivity contribution in [2.24, 2.45) is 0 Å². The molecule has 0 atom stereocenters. The van der Waals surface area contributed by atoms with Crippen molar-refractivity contribution >= 4 is 5.97 Å². The number of hydrogen-bond acceptors (Lipinski definition) is 5. The predicted molar refractivity (Wildman–Crippen MR) is 79.8 cm³/mol. The van der Waals surface area contributed by atoms with Crippen molar-refractivity contribution in [1.29, 1.82) is 0 Å². The second-order valence-electron chi connectivity index (χ2n) is 6.37. The Morgan fingerprint density at radius 2 is 1.70 bits per heavy atom. The van der Waals surface area contributed by atoms with Crippen LogP contribution in [0.15, 0.2) is 0 Å². The number of rotatable bonds is 4. The third-order valence-corrected chi connectivity index (χ3v) is 4.86. The van der Waals surface area contributed by atoms with Crippen LogP contribution in [0.5, 0.6) is 0 Å². The summed E-state index contributed by atoms with van der Waals surface area (Å²) in [7, 11) is 2.20. The summed E-state index contributed by atoms with van der Waals surface area (Å²) in [6.07, 6.45) is 2.30. The van der Waals surface area contributed by atoms with Crippen LogP contribution >= 0.6 is 0 Å². The van der Waals surface area contributed by atoms with Crippen molar-refractivity contribution in [2.45, 2.75) is 32.2 Å². The number of nitrogens with zero attached hydrogens (tertiary/aromatic N) is 3. The Morgan fingerprint density at radius 3 is 2.25 bits per heavy atom. The van der Waals surface area contributed by atoms with E-state index in [1.807, 2.05) is 6.92 Å². The molecule has 0 amide bonds. The SMILES string of the molecule is CCOC(=O)CN1CCC(C)(N2CCN(C)CC2)CC1. The van der Waals surface area contributed by atoms with E-state index in [9.17, 15) is 4.79 Å². The fraction of sp³-hybridized carbons (Fsp3) is 0.933. The van der Waals surface area contributed by atoms with Crippen LogP contribution in [0.1, 0.15) is 26.7 Å². The number of piperazine rings is 1. The summed E-state index contributed by atoms with van der Waals surface area (Å²) >= 11 is 0. The molecule has 2 aliphatic heterocycles. The molecule has 0 bridgehead atoms. The molecule has 2 saturated heterocycles. The zero-order chi connectivity index (χ0) is 14.6. The van der Waals surface area contributed by atoms with Gasteiger partial charge in [0.1, 0.15) is 0 Å². The fourth-order valence-corrected chi connectivity index (χ4v) is 3.24. The van der Waals surface area contributed by atoms with Crippen molar-refractivity contribution in [2.75, 3.05) is 59.5 Å². The quantitative estimate of drug-likeness (QED) is 0.708. The van der Waals surface area contributed by atoms with Gasteiger partial charge in [-0.05, 0) is 33.7 Å². The molecule has 0 aromatic rings. The van der Waals surface area contributed by atoms with Crippen LogP contribution in [0.25, 0.3) is 0 Å². The van der Waals surface area contributed by atoms with Crippen LogP contribution in [0, 0.1) is 0 Å². The minimum Gasteiger partial charge on any atom is -0.465 e. The number of ether oxygens (including phenoxy) is 1.